The molecule has 1 aromatic heterocycles. The summed E-state index contributed by atoms with van der Waals surface area (Å²) in [5, 5.41) is 4.16. The smallest absolute Gasteiger partial charge is 0.272 e. The maximum atomic E-state index is 12.3. The molecular formula is C11H18N4OS. The lowest BCUT2D eigenvalue weighted by atomic mass is 10.2. The van der Waals surface area contributed by atoms with Crippen LogP contribution >= 0.6 is 12.2 Å². The van der Waals surface area contributed by atoms with Gasteiger partial charge in [0.2, 0.25) is 0 Å². The van der Waals surface area contributed by atoms with Gasteiger partial charge < -0.3 is 10.6 Å². The standard InChI is InChI=1S/C11H18N4OS/c1-7(2)15(6-10(12)17)11(16)9-5-8(3)13-14(9)4/h5,7H,6H2,1-4H3,(H2,12,17). The Kier molecular flexibility index (Phi) is 4.22. The van der Waals surface area contributed by atoms with E-state index in [4.69, 9.17) is 18.0 Å². The van der Waals surface area contributed by atoms with Gasteiger partial charge in [0.1, 0.15) is 5.69 Å². The molecule has 0 spiro atoms. The van der Waals surface area contributed by atoms with Crippen LogP contribution in [0.5, 0.6) is 0 Å². The largest absolute Gasteiger partial charge is 0.392 e. The summed E-state index contributed by atoms with van der Waals surface area (Å²) in [5.41, 5.74) is 6.87. The Labute approximate surface area is 107 Å². The highest BCUT2D eigenvalue weighted by atomic mass is 32.1. The second kappa shape index (κ2) is 5.27. The number of nitrogens with two attached hydrogens (primary N) is 1. The molecule has 0 aliphatic carbocycles. The van der Waals surface area contributed by atoms with Gasteiger partial charge in [0.05, 0.1) is 17.2 Å². The van der Waals surface area contributed by atoms with Gasteiger partial charge >= 0.3 is 0 Å². The molecule has 1 rings (SSSR count). The van der Waals surface area contributed by atoms with Crippen LogP contribution in [0.4, 0.5) is 0 Å². The zero-order valence-electron chi connectivity index (χ0n) is 10.6. The molecule has 0 aliphatic rings. The van der Waals surface area contributed by atoms with Crippen LogP contribution in [0.1, 0.15) is 30.0 Å². The van der Waals surface area contributed by atoms with Crippen LogP contribution in [0.2, 0.25) is 0 Å². The minimum absolute atomic E-state index is 0.0409. The zero-order valence-corrected chi connectivity index (χ0v) is 11.4. The number of rotatable bonds is 4. The van der Waals surface area contributed by atoms with Gasteiger partial charge in [0, 0.05) is 13.1 Å². The number of aromatic nitrogens is 2. The molecule has 1 aromatic rings. The minimum Gasteiger partial charge on any atom is -0.392 e. The van der Waals surface area contributed by atoms with E-state index in [1.807, 2.05) is 20.8 Å². The first-order valence-electron chi connectivity index (χ1n) is 5.42. The predicted octanol–water partition coefficient (Wildman–Crippen LogP) is 0.865. The number of carbonyl (C=O) groups excluding carboxylic acids is 1. The van der Waals surface area contributed by atoms with E-state index < -0.39 is 0 Å². The summed E-state index contributed by atoms with van der Waals surface area (Å²) < 4.78 is 1.58. The topological polar surface area (TPSA) is 64.2 Å². The Bertz CT molecular complexity index is 439. The molecule has 6 heteroatoms. The highest BCUT2D eigenvalue weighted by Crippen LogP contribution is 2.09. The van der Waals surface area contributed by atoms with Crippen LogP contribution < -0.4 is 5.73 Å². The highest BCUT2D eigenvalue weighted by Gasteiger charge is 2.22. The van der Waals surface area contributed by atoms with E-state index in [2.05, 4.69) is 5.10 Å². The van der Waals surface area contributed by atoms with Gasteiger partial charge in [-0.3, -0.25) is 9.48 Å². The van der Waals surface area contributed by atoms with Crippen molar-refractivity contribution in [2.24, 2.45) is 12.8 Å². The Morgan fingerprint density at radius 2 is 2.24 bits per heavy atom. The van der Waals surface area contributed by atoms with Gasteiger partial charge in [-0.1, -0.05) is 12.2 Å². The Hall–Kier alpha value is -1.43. The number of hydrogen-bond acceptors (Lipinski definition) is 3. The van der Waals surface area contributed by atoms with Gasteiger partial charge in [0.15, 0.2) is 0 Å². The van der Waals surface area contributed by atoms with E-state index in [9.17, 15) is 4.79 Å². The van der Waals surface area contributed by atoms with Crippen molar-refractivity contribution in [1.29, 1.82) is 0 Å². The Morgan fingerprint density at radius 1 is 1.65 bits per heavy atom. The van der Waals surface area contributed by atoms with E-state index in [0.29, 0.717) is 10.7 Å². The van der Waals surface area contributed by atoms with Crippen LogP contribution in [0.15, 0.2) is 6.07 Å². The Balaban J connectivity index is 2.99. The summed E-state index contributed by atoms with van der Waals surface area (Å²) >= 11 is 4.86. The molecule has 1 heterocycles. The number of carbonyl (C=O) groups is 1. The molecule has 94 valence electrons. The van der Waals surface area contributed by atoms with E-state index in [0.717, 1.165) is 5.69 Å². The second-order valence-electron chi connectivity index (χ2n) is 4.29. The molecule has 0 aliphatic heterocycles. The molecule has 0 saturated heterocycles. The van der Waals surface area contributed by atoms with Crippen molar-refractivity contribution in [1.82, 2.24) is 14.7 Å². The Morgan fingerprint density at radius 3 is 2.59 bits per heavy atom. The fraction of sp³-hybridized carbons (Fsp3) is 0.545. The van der Waals surface area contributed by atoms with Crippen LogP contribution in [-0.4, -0.2) is 38.2 Å². The monoisotopic (exact) mass is 254 g/mol. The molecule has 1 amide bonds. The molecule has 0 bridgehead atoms. The molecular weight excluding hydrogens is 236 g/mol. The van der Waals surface area contributed by atoms with Crippen LogP contribution in [0.25, 0.3) is 0 Å². The van der Waals surface area contributed by atoms with Gasteiger partial charge in [0.25, 0.3) is 5.91 Å². The lowest BCUT2D eigenvalue weighted by molar-refractivity contribution is 0.0725. The van der Waals surface area contributed by atoms with Crippen LogP contribution in [0, 0.1) is 6.92 Å². The summed E-state index contributed by atoms with van der Waals surface area (Å²) in [6.45, 7) is 6.00. The van der Waals surface area contributed by atoms with Gasteiger partial charge in [-0.25, -0.2) is 0 Å². The SMILES string of the molecule is Cc1cc(C(=O)N(CC(N)=S)C(C)C)n(C)n1. The third kappa shape index (κ3) is 3.26. The molecule has 0 fully saturated rings. The first-order chi connectivity index (χ1) is 7.82. The highest BCUT2D eigenvalue weighted by molar-refractivity contribution is 7.80. The number of thiocarbonyl (C=S) groups is 1. The molecule has 0 saturated carbocycles. The van der Waals surface area contributed by atoms with Gasteiger partial charge in [-0.15, -0.1) is 0 Å². The molecule has 17 heavy (non-hydrogen) atoms. The third-order valence-corrected chi connectivity index (χ3v) is 2.56. The average molecular weight is 254 g/mol. The first-order valence-corrected chi connectivity index (χ1v) is 5.83. The lowest BCUT2D eigenvalue weighted by Gasteiger charge is -2.26. The van der Waals surface area contributed by atoms with Crippen LogP contribution in [0.3, 0.4) is 0 Å². The molecule has 5 nitrogen and oxygen atoms in total. The number of nitrogens with zero attached hydrogens (tertiary/aromatic N) is 3. The van der Waals surface area contributed by atoms with Crippen molar-refractivity contribution < 1.29 is 4.79 Å². The predicted molar refractivity (Wildman–Crippen MR) is 70.9 cm³/mol. The van der Waals surface area contributed by atoms with E-state index in [1.165, 1.54) is 0 Å². The maximum Gasteiger partial charge on any atom is 0.272 e. The first kappa shape index (κ1) is 13.6. The average Bonchev–Trinajstić information content (AvgIpc) is 2.52. The maximum absolute atomic E-state index is 12.3. The summed E-state index contributed by atoms with van der Waals surface area (Å²) in [6, 6.07) is 1.80. The fourth-order valence-corrected chi connectivity index (χ4v) is 1.75. The molecule has 0 aromatic carbocycles. The summed E-state index contributed by atoms with van der Waals surface area (Å²) in [4.78, 5) is 14.3. The summed E-state index contributed by atoms with van der Waals surface area (Å²) in [6.07, 6.45) is 0. The van der Waals surface area contributed by atoms with Crippen molar-refractivity contribution in [3.63, 3.8) is 0 Å². The number of hydrogen-bond donors (Lipinski definition) is 1. The molecule has 0 radical (unpaired) electrons. The summed E-state index contributed by atoms with van der Waals surface area (Å²) in [7, 11) is 1.75. The van der Waals surface area contributed by atoms with Crippen molar-refractivity contribution >= 4 is 23.1 Å². The van der Waals surface area contributed by atoms with Crippen molar-refractivity contribution in [3.8, 4) is 0 Å². The van der Waals surface area contributed by atoms with Crippen LogP contribution in [-0.2, 0) is 7.05 Å². The quantitative estimate of drug-likeness (QED) is 0.810. The van der Waals surface area contributed by atoms with Gasteiger partial charge in [-0.2, -0.15) is 5.10 Å². The van der Waals surface area contributed by atoms with Crippen molar-refractivity contribution in [2.45, 2.75) is 26.8 Å². The van der Waals surface area contributed by atoms with Crippen molar-refractivity contribution in [2.75, 3.05) is 6.54 Å². The normalized spacial score (nSPS) is 10.6. The van der Waals surface area contributed by atoms with Crippen molar-refractivity contribution in [3.05, 3.63) is 17.5 Å². The fourth-order valence-electron chi connectivity index (χ4n) is 1.61. The molecule has 2 N–H and O–H groups in total. The lowest BCUT2D eigenvalue weighted by Crippen LogP contribution is -2.42. The number of aryl methyl sites for hydroxylation is 2. The van der Waals surface area contributed by atoms with E-state index in [-0.39, 0.29) is 18.5 Å². The van der Waals surface area contributed by atoms with E-state index >= 15 is 0 Å². The molecule has 0 atom stereocenters. The van der Waals surface area contributed by atoms with Gasteiger partial charge in [-0.05, 0) is 26.8 Å². The van der Waals surface area contributed by atoms with E-state index in [1.54, 1.807) is 22.7 Å². The summed E-state index contributed by atoms with van der Waals surface area (Å²) in [5.74, 6) is -0.101. The third-order valence-electron chi connectivity index (χ3n) is 2.43. The zero-order chi connectivity index (χ0) is 13.2. The second-order valence-corrected chi connectivity index (χ2v) is 4.81. The number of amides is 1. The minimum atomic E-state index is -0.101. The molecule has 0 unspecified atom stereocenters.